The van der Waals surface area contributed by atoms with E-state index >= 15 is 0 Å². The van der Waals surface area contributed by atoms with Crippen LogP contribution in [0.2, 0.25) is 0 Å². The van der Waals surface area contributed by atoms with E-state index in [1.54, 1.807) is 0 Å². The van der Waals surface area contributed by atoms with Crippen molar-refractivity contribution in [2.24, 2.45) is 5.92 Å². The van der Waals surface area contributed by atoms with Crippen LogP contribution in [0.4, 0.5) is 0 Å². The smallest absolute Gasteiger partial charge is 0.334 e. The predicted octanol–water partition coefficient (Wildman–Crippen LogP) is 3.96. The van der Waals surface area contributed by atoms with Crippen LogP contribution >= 0.6 is 0 Å². The zero-order valence-corrected chi connectivity index (χ0v) is 17.2. The topological polar surface area (TPSA) is 71.1 Å². The van der Waals surface area contributed by atoms with Crippen molar-refractivity contribution in [3.8, 4) is 0 Å². The maximum absolute atomic E-state index is 12.0. The normalized spacial score (nSPS) is 40.4. The molecule has 0 radical (unpaired) electrons. The number of carbonyl (C=O) groups excluding carboxylic acids is 2. The van der Waals surface area contributed by atoms with Crippen molar-refractivity contribution in [2.75, 3.05) is 0 Å². The number of esters is 2. The molecule has 3 aliphatic heterocycles. The van der Waals surface area contributed by atoms with Gasteiger partial charge in [0, 0.05) is 18.4 Å². The molecule has 4 rings (SSSR count). The van der Waals surface area contributed by atoms with Gasteiger partial charge < -0.3 is 9.47 Å². The zero-order valence-electron chi connectivity index (χ0n) is 17.2. The summed E-state index contributed by atoms with van der Waals surface area (Å²) in [4.78, 5) is 35.2. The number of hydrogen-bond donors (Lipinski definition) is 0. The molecule has 6 heteroatoms. The van der Waals surface area contributed by atoms with Crippen molar-refractivity contribution in [1.82, 2.24) is 0 Å². The Morgan fingerprint density at radius 3 is 2.71 bits per heavy atom. The summed E-state index contributed by atoms with van der Waals surface area (Å²) in [5.41, 5.74) is 1.94. The van der Waals surface area contributed by atoms with Crippen LogP contribution in [0.25, 0.3) is 0 Å². The fourth-order valence-corrected chi connectivity index (χ4v) is 4.11. The first-order valence-electron chi connectivity index (χ1n) is 9.95. The van der Waals surface area contributed by atoms with Gasteiger partial charge in [0.2, 0.25) is 0 Å². The lowest BCUT2D eigenvalue weighted by atomic mass is 9.85. The highest BCUT2D eigenvalue weighted by Crippen LogP contribution is 2.38. The van der Waals surface area contributed by atoms with E-state index in [1.807, 2.05) is 26.8 Å². The molecule has 5 atom stereocenters. The van der Waals surface area contributed by atoms with Crippen LogP contribution in [-0.2, 0) is 28.8 Å². The number of rotatable bonds is 1. The molecule has 2 unspecified atom stereocenters. The third kappa shape index (κ3) is 4.39. The maximum atomic E-state index is 12.0. The molecule has 28 heavy (non-hydrogen) atoms. The van der Waals surface area contributed by atoms with Crippen LogP contribution in [-0.4, -0.2) is 35.9 Å². The second-order valence-corrected chi connectivity index (χ2v) is 8.35. The van der Waals surface area contributed by atoms with Gasteiger partial charge in [-0.25, -0.2) is 14.6 Å². The minimum Gasteiger partial charge on any atom is -0.459 e. The standard InChI is InChI=1S/C22H30O6/c1-13-6-9-20(25-16(4)23)22(5)11-10-18(27-28-22)14(2)7-8-17-15(3)21(24)26-19(17)12-13/h7,12,17-20H,3,6,8-11H2,1-2,4-5H3/b13-12+,14-7-/t17?,18-,19-,20-,22?/m0/s1. The first-order chi connectivity index (χ1) is 13.2. The van der Waals surface area contributed by atoms with E-state index in [-0.39, 0.29) is 30.1 Å². The Kier molecular flexibility index (Phi) is 6.10. The largest absolute Gasteiger partial charge is 0.459 e. The average Bonchev–Trinajstić information content (AvgIpc) is 2.89. The highest BCUT2D eigenvalue weighted by molar-refractivity contribution is 5.91. The minimum atomic E-state index is -0.691. The second-order valence-electron chi connectivity index (χ2n) is 8.35. The van der Waals surface area contributed by atoms with Crippen molar-refractivity contribution in [3.05, 3.63) is 35.5 Å². The van der Waals surface area contributed by atoms with E-state index in [9.17, 15) is 9.59 Å². The van der Waals surface area contributed by atoms with Gasteiger partial charge in [-0.2, -0.15) is 0 Å². The molecule has 6 nitrogen and oxygen atoms in total. The summed E-state index contributed by atoms with van der Waals surface area (Å²) >= 11 is 0. The van der Waals surface area contributed by atoms with Crippen molar-refractivity contribution < 1.29 is 28.8 Å². The van der Waals surface area contributed by atoms with Gasteiger partial charge in [0.05, 0.1) is 0 Å². The van der Waals surface area contributed by atoms with Crippen molar-refractivity contribution in [1.29, 1.82) is 0 Å². The van der Waals surface area contributed by atoms with Crippen LogP contribution in [0.15, 0.2) is 35.5 Å². The Hall–Kier alpha value is -1.92. The van der Waals surface area contributed by atoms with Gasteiger partial charge in [0.15, 0.2) is 0 Å². The van der Waals surface area contributed by atoms with Crippen LogP contribution < -0.4 is 0 Å². The summed E-state index contributed by atoms with van der Waals surface area (Å²) in [6.07, 6.45) is 6.66. The van der Waals surface area contributed by atoms with E-state index < -0.39 is 11.7 Å². The Bertz CT molecular complexity index is 711. The molecule has 2 fully saturated rings. The van der Waals surface area contributed by atoms with Gasteiger partial charge in [-0.05, 0) is 64.5 Å². The SMILES string of the molecule is C=C1C(=O)O[C@H]2/C=C(\C)CC[C@H](OC(C)=O)C3(C)CC[C@H](OO3)/C(C)=C\CC12. The third-order valence-electron chi connectivity index (χ3n) is 6.05. The number of ether oxygens (including phenoxy) is 2. The maximum Gasteiger partial charge on any atom is 0.334 e. The molecule has 0 aromatic rings. The van der Waals surface area contributed by atoms with Crippen molar-refractivity contribution in [2.45, 2.75) is 83.7 Å². The lowest BCUT2D eigenvalue weighted by Gasteiger charge is -2.41. The lowest BCUT2D eigenvalue weighted by Crippen LogP contribution is -2.49. The van der Waals surface area contributed by atoms with E-state index in [0.29, 0.717) is 24.8 Å². The van der Waals surface area contributed by atoms with Crippen molar-refractivity contribution in [3.63, 3.8) is 0 Å². The molecule has 0 spiro atoms. The van der Waals surface area contributed by atoms with Gasteiger partial charge in [-0.1, -0.05) is 18.2 Å². The minimum absolute atomic E-state index is 0.0839. The molecule has 0 aromatic heterocycles. The number of hydrogen-bond acceptors (Lipinski definition) is 6. The zero-order chi connectivity index (χ0) is 20.5. The predicted molar refractivity (Wildman–Crippen MR) is 103 cm³/mol. The van der Waals surface area contributed by atoms with E-state index in [4.69, 9.17) is 19.2 Å². The molecule has 4 aliphatic rings. The third-order valence-corrected chi connectivity index (χ3v) is 6.05. The molecule has 2 saturated heterocycles. The molecule has 0 N–H and O–H groups in total. The summed E-state index contributed by atoms with van der Waals surface area (Å²) in [7, 11) is 0. The summed E-state index contributed by atoms with van der Waals surface area (Å²) in [6, 6.07) is 0. The second kappa shape index (κ2) is 8.21. The Morgan fingerprint density at radius 1 is 1.32 bits per heavy atom. The average molecular weight is 390 g/mol. The van der Waals surface area contributed by atoms with Gasteiger partial charge in [-0.3, -0.25) is 4.79 Å². The van der Waals surface area contributed by atoms with Gasteiger partial charge in [-0.15, -0.1) is 0 Å². The lowest BCUT2D eigenvalue weighted by molar-refractivity contribution is -0.412. The van der Waals surface area contributed by atoms with Crippen LogP contribution in [0.5, 0.6) is 0 Å². The Morgan fingerprint density at radius 2 is 2.07 bits per heavy atom. The van der Waals surface area contributed by atoms with E-state index in [2.05, 4.69) is 12.7 Å². The quantitative estimate of drug-likeness (QED) is 0.292. The molecule has 0 amide bonds. The monoisotopic (exact) mass is 390 g/mol. The Balaban J connectivity index is 1.91. The van der Waals surface area contributed by atoms with Crippen molar-refractivity contribution >= 4 is 11.9 Å². The fourth-order valence-electron chi connectivity index (χ4n) is 4.11. The molecule has 1 aliphatic carbocycles. The number of carbonyl (C=O) groups is 2. The summed E-state index contributed by atoms with van der Waals surface area (Å²) in [5, 5.41) is 0. The summed E-state index contributed by atoms with van der Waals surface area (Å²) in [5.74, 6) is -0.753. The number of allylic oxidation sites excluding steroid dienone is 2. The number of fused-ring (bicyclic) bond motifs is 6. The highest BCUT2D eigenvalue weighted by atomic mass is 17.2. The molecule has 3 heterocycles. The van der Waals surface area contributed by atoms with Gasteiger partial charge in [0.25, 0.3) is 0 Å². The first-order valence-corrected chi connectivity index (χ1v) is 9.95. The molecule has 0 saturated carbocycles. The first kappa shape index (κ1) is 20.8. The fraction of sp³-hybridized carbons (Fsp3) is 0.636. The molecule has 0 aromatic carbocycles. The van der Waals surface area contributed by atoms with Crippen LogP contribution in [0, 0.1) is 5.92 Å². The Labute approximate surface area is 166 Å². The molecule has 154 valence electrons. The van der Waals surface area contributed by atoms with Crippen LogP contribution in [0.3, 0.4) is 0 Å². The molecule has 2 bridgehead atoms. The molecular weight excluding hydrogens is 360 g/mol. The van der Waals surface area contributed by atoms with Gasteiger partial charge in [0.1, 0.15) is 23.9 Å². The summed E-state index contributed by atoms with van der Waals surface area (Å²) in [6.45, 7) is 11.3. The highest BCUT2D eigenvalue weighted by Gasteiger charge is 2.44. The van der Waals surface area contributed by atoms with E-state index in [0.717, 1.165) is 24.0 Å². The van der Waals surface area contributed by atoms with E-state index in [1.165, 1.54) is 6.92 Å². The van der Waals surface area contributed by atoms with Gasteiger partial charge >= 0.3 is 11.9 Å². The molecular formula is C22H30O6. The summed E-state index contributed by atoms with van der Waals surface area (Å²) < 4.78 is 11.1. The van der Waals surface area contributed by atoms with Crippen LogP contribution in [0.1, 0.15) is 59.8 Å².